The van der Waals surface area contributed by atoms with E-state index in [1.807, 2.05) is 31.2 Å². The molecule has 1 aromatic rings. The van der Waals surface area contributed by atoms with Crippen LogP contribution in [-0.4, -0.2) is 54.8 Å². The van der Waals surface area contributed by atoms with Crippen molar-refractivity contribution in [2.45, 2.75) is 38.0 Å². The molecule has 3 saturated heterocycles. The van der Waals surface area contributed by atoms with Gasteiger partial charge in [0.2, 0.25) is 5.91 Å². The summed E-state index contributed by atoms with van der Waals surface area (Å²) in [5.41, 5.74) is 1.64. The zero-order chi connectivity index (χ0) is 16.7. The first-order chi connectivity index (χ1) is 11.6. The number of rotatable bonds is 2. The van der Waals surface area contributed by atoms with Gasteiger partial charge in [-0.15, -0.1) is 0 Å². The third-order valence-electron chi connectivity index (χ3n) is 5.29. The molecule has 6 heteroatoms. The number of hydrogen-bond acceptors (Lipinski definition) is 5. The summed E-state index contributed by atoms with van der Waals surface area (Å²) >= 11 is 0. The summed E-state index contributed by atoms with van der Waals surface area (Å²) in [6, 6.07) is 7.15. The third-order valence-corrected chi connectivity index (χ3v) is 5.29. The van der Waals surface area contributed by atoms with E-state index >= 15 is 0 Å². The van der Waals surface area contributed by atoms with Gasteiger partial charge in [-0.05, 0) is 18.6 Å². The molecule has 4 rings (SSSR count). The van der Waals surface area contributed by atoms with E-state index in [-0.39, 0.29) is 24.3 Å². The molecule has 0 bridgehead atoms. The van der Waals surface area contributed by atoms with Gasteiger partial charge in [-0.2, -0.15) is 0 Å². The minimum atomic E-state index is -0.460. The number of amides is 2. The van der Waals surface area contributed by atoms with E-state index in [4.69, 9.17) is 9.47 Å². The summed E-state index contributed by atoms with van der Waals surface area (Å²) in [5.74, 6) is -0.691. The molecular formula is C18H22N2O4. The fraction of sp³-hybridized carbons (Fsp3) is 0.556. The maximum atomic E-state index is 12.9. The highest BCUT2D eigenvalue weighted by molar-refractivity contribution is 6.22. The van der Waals surface area contributed by atoms with E-state index in [0.717, 1.165) is 18.4 Å². The Labute approximate surface area is 141 Å². The van der Waals surface area contributed by atoms with Gasteiger partial charge in [0.15, 0.2) is 5.79 Å². The molecule has 6 nitrogen and oxygen atoms in total. The Kier molecular flexibility index (Phi) is 3.90. The van der Waals surface area contributed by atoms with Crippen LogP contribution in [0.2, 0.25) is 0 Å². The highest BCUT2D eigenvalue weighted by Crippen LogP contribution is 2.34. The Morgan fingerprint density at radius 3 is 2.42 bits per heavy atom. The van der Waals surface area contributed by atoms with E-state index in [1.54, 1.807) is 0 Å². The summed E-state index contributed by atoms with van der Waals surface area (Å²) in [4.78, 5) is 28.8. The van der Waals surface area contributed by atoms with Crippen molar-refractivity contribution < 1.29 is 19.1 Å². The zero-order valence-corrected chi connectivity index (χ0v) is 13.9. The molecule has 1 atom stereocenters. The zero-order valence-electron chi connectivity index (χ0n) is 13.9. The number of carbonyl (C=O) groups is 2. The van der Waals surface area contributed by atoms with Crippen LogP contribution in [-0.2, 0) is 19.1 Å². The van der Waals surface area contributed by atoms with Gasteiger partial charge in [-0.3, -0.25) is 14.5 Å². The summed E-state index contributed by atoms with van der Waals surface area (Å²) in [7, 11) is 0. The van der Waals surface area contributed by atoms with Crippen molar-refractivity contribution in [3.63, 3.8) is 0 Å². The molecule has 1 aromatic carbocycles. The minimum Gasteiger partial charge on any atom is -0.347 e. The average Bonchev–Trinajstić information content (AvgIpc) is 3.15. The normalized spacial score (nSPS) is 27.4. The van der Waals surface area contributed by atoms with Gasteiger partial charge in [0.25, 0.3) is 5.91 Å². The Balaban J connectivity index is 1.49. The SMILES string of the molecule is Cc1ccccc1N1C(=O)CC(N2CCC3(CC2)OCCO3)C1=O. The van der Waals surface area contributed by atoms with Crippen LogP contribution in [0.3, 0.4) is 0 Å². The molecule has 0 aromatic heterocycles. The number of benzene rings is 1. The largest absolute Gasteiger partial charge is 0.347 e. The quantitative estimate of drug-likeness (QED) is 0.769. The van der Waals surface area contributed by atoms with Crippen molar-refractivity contribution in [3.05, 3.63) is 29.8 Å². The number of nitrogens with zero attached hydrogens (tertiary/aromatic N) is 2. The lowest BCUT2D eigenvalue weighted by Crippen LogP contribution is -2.51. The predicted molar refractivity (Wildman–Crippen MR) is 87.5 cm³/mol. The molecule has 0 radical (unpaired) electrons. The lowest BCUT2D eigenvalue weighted by Gasteiger charge is -2.39. The number of aryl methyl sites for hydroxylation is 1. The third kappa shape index (κ3) is 2.55. The molecule has 1 spiro atoms. The molecule has 1 unspecified atom stereocenters. The van der Waals surface area contributed by atoms with E-state index < -0.39 is 5.79 Å². The smallest absolute Gasteiger partial charge is 0.251 e. The second kappa shape index (κ2) is 5.95. The van der Waals surface area contributed by atoms with Crippen LogP contribution in [0.25, 0.3) is 0 Å². The Bertz CT molecular complexity index is 659. The molecular weight excluding hydrogens is 308 g/mol. The number of para-hydroxylation sites is 1. The Hall–Kier alpha value is -1.76. The van der Waals surface area contributed by atoms with Crippen molar-refractivity contribution in [3.8, 4) is 0 Å². The van der Waals surface area contributed by atoms with Gasteiger partial charge in [0.1, 0.15) is 0 Å². The summed E-state index contributed by atoms with van der Waals surface area (Å²) in [5, 5.41) is 0. The van der Waals surface area contributed by atoms with E-state index in [1.165, 1.54) is 4.90 Å². The van der Waals surface area contributed by atoms with E-state index in [2.05, 4.69) is 4.90 Å². The first-order valence-electron chi connectivity index (χ1n) is 8.54. The fourth-order valence-electron chi connectivity index (χ4n) is 3.93. The second-order valence-corrected chi connectivity index (χ2v) is 6.72. The monoisotopic (exact) mass is 330 g/mol. The lowest BCUT2D eigenvalue weighted by molar-refractivity contribution is -0.188. The predicted octanol–water partition coefficient (Wildman–Crippen LogP) is 1.47. The summed E-state index contributed by atoms with van der Waals surface area (Å²) < 4.78 is 11.5. The fourth-order valence-corrected chi connectivity index (χ4v) is 3.93. The molecule has 3 heterocycles. The number of anilines is 1. The van der Waals surface area contributed by atoms with Gasteiger partial charge in [-0.1, -0.05) is 18.2 Å². The van der Waals surface area contributed by atoms with Gasteiger partial charge in [-0.25, -0.2) is 4.90 Å². The number of carbonyl (C=O) groups excluding carboxylic acids is 2. The van der Waals surface area contributed by atoms with Crippen molar-refractivity contribution in [1.29, 1.82) is 0 Å². The van der Waals surface area contributed by atoms with Gasteiger partial charge in [0.05, 0.1) is 31.4 Å². The van der Waals surface area contributed by atoms with Crippen LogP contribution < -0.4 is 4.90 Å². The molecule has 0 saturated carbocycles. The highest BCUT2D eigenvalue weighted by Gasteiger charge is 2.47. The average molecular weight is 330 g/mol. The number of piperidine rings is 1. The van der Waals surface area contributed by atoms with Crippen LogP contribution in [0.15, 0.2) is 24.3 Å². The Morgan fingerprint density at radius 1 is 1.08 bits per heavy atom. The van der Waals surface area contributed by atoms with Crippen molar-refractivity contribution in [2.24, 2.45) is 0 Å². The maximum absolute atomic E-state index is 12.9. The molecule has 0 N–H and O–H groups in total. The van der Waals surface area contributed by atoms with Gasteiger partial charge in [0, 0.05) is 25.9 Å². The minimum absolute atomic E-state index is 0.112. The van der Waals surface area contributed by atoms with Gasteiger partial charge >= 0.3 is 0 Å². The van der Waals surface area contributed by atoms with Crippen molar-refractivity contribution in [1.82, 2.24) is 4.90 Å². The maximum Gasteiger partial charge on any atom is 0.251 e. The summed E-state index contributed by atoms with van der Waals surface area (Å²) in [6.07, 6.45) is 1.74. The molecule has 24 heavy (non-hydrogen) atoms. The number of ether oxygens (including phenoxy) is 2. The molecule has 3 fully saturated rings. The van der Waals surface area contributed by atoms with Crippen LogP contribution in [0.4, 0.5) is 5.69 Å². The van der Waals surface area contributed by atoms with Crippen LogP contribution in [0.5, 0.6) is 0 Å². The van der Waals surface area contributed by atoms with Crippen LogP contribution in [0.1, 0.15) is 24.8 Å². The molecule has 3 aliphatic heterocycles. The summed E-state index contributed by atoms with van der Waals surface area (Å²) in [6.45, 7) is 4.63. The van der Waals surface area contributed by atoms with Crippen molar-refractivity contribution >= 4 is 17.5 Å². The second-order valence-electron chi connectivity index (χ2n) is 6.72. The highest BCUT2D eigenvalue weighted by atomic mass is 16.7. The first-order valence-corrected chi connectivity index (χ1v) is 8.54. The number of likely N-dealkylation sites (tertiary alicyclic amines) is 1. The first kappa shape index (κ1) is 15.7. The van der Waals surface area contributed by atoms with Crippen LogP contribution >= 0.6 is 0 Å². The Morgan fingerprint density at radius 2 is 1.75 bits per heavy atom. The topological polar surface area (TPSA) is 59.1 Å². The molecule has 2 amide bonds. The lowest BCUT2D eigenvalue weighted by atomic mass is 10.0. The molecule has 128 valence electrons. The van der Waals surface area contributed by atoms with E-state index in [0.29, 0.717) is 32.0 Å². The number of hydrogen-bond donors (Lipinski definition) is 0. The standard InChI is InChI=1S/C18H22N2O4/c1-13-4-2-3-5-14(13)20-16(21)12-15(17(20)22)19-8-6-18(7-9-19)23-10-11-24-18/h2-5,15H,6-12H2,1H3. The van der Waals surface area contributed by atoms with Gasteiger partial charge < -0.3 is 9.47 Å². The van der Waals surface area contributed by atoms with Crippen LogP contribution in [0, 0.1) is 6.92 Å². The molecule has 0 aliphatic carbocycles. The van der Waals surface area contributed by atoms with E-state index in [9.17, 15) is 9.59 Å². The molecule has 3 aliphatic rings. The number of imide groups is 1. The van der Waals surface area contributed by atoms with Crippen molar-refractivity contribution in [2.75, 3.05) is 31.2 Å².